The van der Waals surface area contributed by atoms with Crippen LogP contribution in [0.5, 0.6) is 0 Å². The van der Waals surface area contributed by atoms with Crippen LogP contribution in [-0.4, -0.2) is 130 Å². The molecular weight excluding hydrogens is 1060 g/mol. The highest BCUT2D eigenvalue weighted by Gasteiger charge is 2.64. The van der Waals surface area contributed by atoms with Gasteiger partial charge in [-0.15, -0.1) is 0 Å². The molecule has 0 spiro atoms. The van der Waals surface area contributed by atoms with Gasteiger partial charge in [0.25, 0.3) is 0 Å². The average molecular weight is 1180 g/mol. The van der Waals surface area contributed by atoms with E-state index in [-0.39, 0.29) is 106 Å². The summed E-state index contributed by atoms with van der Waals surface area (Å²) in [6, 6.07) is 0. The van der Waals surface area contributed by atoms with E-state index in [4.69, 9.17) is 36.7 Å². The highest BCUT2D eigenvalue weighted by atomic mass is 28.4. The number of ketones is 1. The minimum Gasteiger partial charge on any atom is -0.466 e. The topological polar surface area (TPSA) is 148 Å². The number of carbonyl (C=O) groups is 2. The minimum atomic E-state index is -3.11. The normalized spacial score (nSPS) is 24.9. The monoisotopic (exact) mass is 1180 g/mol. The van der Waals surface area contributed by atoms with E-state index < -0.39 is 43.4 Å². The molecule has 0 unspecified atom stereocenters. The first-order valence-electron chi connectivity index (χ1n) is 31.1. The Hall–Kier alpha value is -1.35. The van der Waals surface area contributed by atoms with Gasteiger partial charge >= 0.3 is 14.5 Å². The number of aliphatic hydroxyl groups is 2. The summed E-state index contributed by atoms with van der Waals surface area (Å²) in [6.07, 6.45) is 11.1. The summed E-state index contributed by atoms with van der Waals surface area (Å²) in [5, 5.41) is 23.7. The third kappa shape index (κ3) is 19.9. The van der Waals surface area contributed by atoms with E-state index >= 15 is 0 Å². The standard InChI is InChI=1S/C65H124O12Si3/c1-42(2)79(43(3)4,44(5)6)73-38-37-47(9)60(72-25)49(11)55(66)35-33-46(8)61-51(13)62(77-80(76-61,64(17,18)19)65(20,21)22)50(12)57(68)41-56(67)48(10)58(70-23)40-53-30-28-29-52(74-53)39-54(75-78(26,27)63(14,15)16)34-31-45(7)32-36-59(69)71-24/h28-29,31-32,36,42-44,46-54,56-58,60-62,67-68H,30,33-35,37-41H2,1-27H3/b36-32+,45-31+/t46-,47+,48-,49-,50-,51-,52-,53-,54-,56-,57+,58-,60+,61-,62-/m0/s1. The van der Waals surface area contributed by atoms with Gasteiger partial charge in [-0.1, -0.05) is 175 Å². The molecular formula is C65H124O12Si3. The molecule has 0 saturated carbocycles. The second-order valence-electron chi connectivity index (χ2n) is 29.4. The summed E-state index contributed by atoms with van der Waals surface area (Å²) in [5.74, 6) is -1.01. The summed E-state index contributed by atoms with van der Waals surface area (Å²) in [4.78, 5) is 26.0. The molecule has 0 radical (unpaired) electrons. The number of carbonyl (C=O) groups excluding carboxylic acids is 2. The van der Waals surface area contributed by atoms with E-state index in [0.717, 1.165) is 18.4 Å². The molecule has 15 atom stereocenters. The number of ether oxygens (including phenoxy) is 4. The van der Waals surface area contributed by atoms with Gasteiger partial charge in [0.05, 0.1) is 62.0 Å². The molecule has 2 rings (SSSR count). The van der Waals surface area contributed by atoms with Crippen molar-refractivity contribution in [2.24, 2.45) is 35.5 Å². The summed E-state index contributed by atoms with van der Waals surface area (Å²) in [5.41, 5.74) is 2.49. The Bertz CT molecular complexity index is 1910. The fourth-order valence-electron chi connectivity index (χ4n) is 13.5. The van der Waals surface area contributed by atoms with Gasteiger partial charge < -0.3 is 46.9 Å². The second kappa shape index (κ2) is 31.9. The van der Waals surface area contributed by atoms with Crippen molar-refractivity contribution in [3.63, 3.8) is 0 Å². The lowest BCUT2D eigenvalue weighted by Crippen LogP contribution is -2.68. The lowest BCUT2D eigenvalue weighted by Gasteiger charge is -2.59. The summed E-state index contributed by atoms with van der Waals surface area (Å²) >= 11 is 0. The lowest BCUT2D eigenvalue weighted by molar-refractivity contribution is -0.135. The van der Waals surface area contributed by atoms with Crippen molar-refractivity contribution >= 4 is 36.9 Å². The number of hydrogen-bond acceptors (Lipinski definition) is 12. The Morgan fingerprint density at radius 3 is 1.84 bits per heavy atom. The van der Waals surface area contributed by atoms with Crippen LogP contribution in [0.15, 0.2) is 36.0 Å². The third-order valence-electron chi connectivity index (χ3n) is 19.4. The number of esters is 1. The maximum Gasteiger partial charge on any atom is 0.349 e. The molecule has 0 amide bonds. The van der Waals surface area contributed by atoms with E-state index in [1.807, 2.05) is 20.8 Å². The van der Waals surface area contributed by atoms with Crippen LogP contribution in [0, 0.1) is 35.5 Å². The van der Waals surface area contributed by atoms with Crippen LogP contribution < -0.4 is 0 Å². The molecule has 0 aromatic heterocycles. The molecule has 15 heteroatoms. The highest BCUT2D eigenvalue weighted by molar-refractivity contribution is 6.77. The van der Waals surface area contributed by atoms with Crippen LogP contribution in [0.4, 0.5) is 0 Å². The first-order valence-corrected chi connectivity index (χ1v) is 37.9. The SMILES string of the molecule is COC(=O)/C=C/C(C)=C/C[C@@H](C[C@@H]1C=CC[C@@H](C[C@H](OC)[C@@H](C)[C@@H](O)C[C@@H](O)[C@H](C)[C@@H]2O[Si](C(C)(C)C)(C(C)(C)C)O[C@@H]([C@@H](C)CCC(=O)[C@H](C)[C@H](OC)[C@H](C)CCO[Si](C(C)C)(C(C)C)C(C)C)[C@@H]2C)O1)O[Si](C)(C)C(C)(C)C. The van der Waals surface area contributed by atoms with Gasteiger partial charge in [0, 0.05) is 79.9 Å². The van der Waals surface area contributed by atoms with Crippen molar-refractivity contribution in [3.05, 3.63) is 36.0 Å². The Labute approximate surface area is 493 Å². The fraction of sp³-hybridized carbons (Fsp3) is 0.877. The number of allylic oxidation sites excluding steroid dienone is 2. The predicted octanol–water partition coefficient (Wildman–Crippen LogP) is 15.7. The predicted molar refractivity (Wildman–Crippen MR) is 337 cm³/mol. The maximum atomic E-state index is 14.2. The van der Waals surface area contributed by atoms with Gasteiger partial charge in [-0.2, -0.15) is 0 Å². The van der Waals surface area contributed by atoms with Crippen LogP contribution in [0.3, 0.4) is 0 Å². The highest BCUT2D eigenvalue weighted by Crippen LogP contribution is 2.57. The molecule has 468 valence electrons. The Balaban J connectivity index is 2.28. The van der Waals surface area contributed by atoms with Crippen LogP contribution in [0.2, 0.25) is 44.8 Å². The molecule has 12 nitrogen and oxygen atoms in total. The van der Waals surface area contributed by atoms with Gasteiger partial charge in [0.15, 0.2) is 16.6 Å². The summed E-state index contributed by atoms with van der Waals surface area (Å²) < 4.78 is 52.7. The van der Waals surface area contributed by atoms with E-state index in [9.17, 15) is 19.8 Å². The molecule has 2 aliphatic rings. The maximum absolute atomic E-state index is 14.2. The summed E-state index contributed by atoms with van der Waals surface area (Å²) in [6.45, 7) is 53.8. The van der Waals surface area contributed by atoms with Gasteiger partial charge in [0.1, 0.15) is 5.78 Å². The molecule has 2 N–H and O–H groups in total. The molecule has 0 aromatic rings. The van der Waals surface area contributed by atoms with Crippen molar-refractivity contribution < 1.29 is 56.5 Å². The molecule has 0 bridgehead atoms. The van der Waals surface area contributed by atoms with Crippen molar-refractivity contribution in [1.82, 2.24) is 0 Å². The van der Waals surface area contributed by atoms with Gasteiger partial charge in [-0.05, 0) is 85.6 Å². The largest absolute Gasteiger partial charge is 0.466 e. The zero-order chi connectivity index (χ0) is 61.7. The Kier molecular flexibility index (Phi) is 29.8. The van der Waals surface area contributed by atoms with Crippen LogP contribution in [0.1, 0.15) is 204 Å². The van der Waals surface area contributed by atoms with E-state index in [2.05, 4.69) is 163 Å². The molecule has 1 fully saturated rings. The molecule has 2 aliphatic heterocycles. The molecule has 0 aromatic carbocycles. The number of hydrogen-bond donors (Lipinski definition) is 2. The first-order chi connectivity index (χ1) is 36.7. The molecule has 1 saturated heterocycles. The first kappa shape index (κ1) is 74.8. The number of methoxy groups -OCH3 is 3. The Morgan fingerprint density at radius 1 is 0.775 bits per heavy atom. The quantitative estimate of drug-likeness (QED) is 0.0217. The zero-order valence-corrected chi connectivity index (χ0v) is 59.1. The second-order valence-corrected chi connectivity index (χ2v) is 44.3. The molecule has 2 heterocycles. The minimum absolute atomic E-state index is 0.0215. The van der Waals surface area contributed by atoms with E-state index in [1.54, 1.807) is 20.3 Å². The van der Waals surface area contributed by atoms with Crippen molar-refractivity contribution in [3.8, 4) is 0 Å². The fourth-order valence-corrected chi connectivity index (χ4v) is 25.7. The van der Waals surface area contributed by atoms with Crippen LogP contribution >= 0.6 is 0 Å². The molecule has 80 heavy (non-hydrogen) atoms. The van der Waals surface area contributed by atoms with Gasteiger partial charge in [0.2, 0.25) is 0 Å². The molecule has 0 aliphatic carbocycles. The number of rotatable bonds is 32. The van der Waals surface area contributed by atoms with E-state index in [1.165, 1.54) is 13.2 Å². The Morgan fingerprint density at radius 2 is 1.34 bits per heavy atom. The number of Topliss-reactive ketones (excluding diaryl/α,β-unsaturated/α-hetero) is 1. The van der Waals surface area contributed by atoms with Crippen LogP contribution in [0.25, 0.3) is 0 Å². The number of aliphatic hydroxyl groups excluding tert-OH is 2. The smallest absolute Gasteiger partial charge is 0.349 e. The van der Waals surface area contributed by atoms with E-state index in [0.29, 0.717) is 55.3 Å². The van der Waals surface area contributed by atoms with Crippen molar-refractivity contribution in [2.45, 2.75) is 303 Å². The van der Waals surface area contributed by atoms with Crippen molar-refractivity contribution in [1.29, 1.82) is 0 Å². The zero-order valence-electron chi connectivity index (χ0n) is 56.1. The van der Waals surface area contributed by atoms with Crippen molar-refractivity contribution in [2.75, 3.05) is 27.9 Å². The average Bonchev–Trinajstić information content (AvgIpc) is 3.35. The summed E-state index contributed by atoms with van der Waals surface area (Å²) in [7, 11) is -2.46. The van der Waals surface area contributed by atoms with Gasteiger partial charge in [-0.25, -0.2) is 4.79 Å². The lowest BCUT2D eigenvalue weighted by atomic mass is 9.78. The third-order valence-corrected chi connectivity index (χ3v) is 35.2. The van der Waals surface area contributed by atoms with Crippen LogP contribution in [-0.2, 0) is 46.2 Å². The van der Waals surface area contributed by atoms with Gasteiger partial charge in [-0.3, -0.25) is 4.79 Å².